The predicted molar refractivity (Wildman–Crippen MR) is 227 cm³/mol. The zero-order valence-electron chi connectivity index (χ0n) is 38.3. The smallest absolute Gasteiger partial charge is 0.306 e. The molecular weight excluding hydrogens is 829 g/mol. The number of nitrogens with zero attached hydrogens (tertiary/aromatic N) is 7. The highest BCUT2D eigenvalue weighted by Gasteiger charge is 2.29. The number of fused-ring (bicyclic) bond motifs is 1. The Hall–Kier alpha value is -4.96. The number of carbonyl (C=O) groups is 4. The molecule has 62 heavy (non-hydrogen) atoms. The molecule has 3 heterocycles. The van der Waals surface area contributed by atoms with Gasteiger partial charge in [0.1, 0.15) is 30.2 Å². The maximum absolute atomic E-state index is 13.3. The van der Waals surface area contributed by atoms with E-state index in [1.807, 2.05) is 63.2 Å². The zero-order chi connectivity index (χ0) is 47.2. The number of aromatic nitrogens is 4. The summed E-state index contributed by atoms with van der Waals surface area (Å²) < 4.78 is 46.4. The summed E-state index contributed by atoms with van der Waals surface area (Å²) in [4.78, 5) is 65.2. The fourth-order valence-corrected chi connectivity index (χ4v) is 7.93. The normalized spacial score (nSPS) is 14.7. The summed E-state index contributed by atoms with van der Waals surface area (Å²) >= 11 is 0. The number of esters is 2. The van der Waals surface area contributed by atoms with Gasteiger partial charge in [-0.25, -0.2) is 13.4 Å². The third-order valence-corrected chi connectivity index (χ3v) is 11.0. The van der Waals surface area contributed by atoms with E-state index in [0.717, 1.165) is 12.1 Å². The van der Waals surface area contributed by atoms with E-state index in [1.165, 1.54) is 15.9 Å². The quantitative estimate of drug-likeness (QED) is 0.125. The van der Waals surface area contributed by atoms with Crippen LogP contribution in [0.5, 0.6) is 5.75 Å². The van der Waals surface area contributed by atoms with Crippen LogP contribution in [0.1, 0.15) is 59.1 Å². The number of sulfonamides is 1. The Bertz CT molecular complexity index is 2130. The van der Waals surface area contributed by atoms with Crippen LogP contribution >= 0.6 is 0 Å². The van der Waals surface area contributed by atoms with Gasteiger partial charge in [0.05, 0.1) is 65.0 Å². The zero-order valence-corrected chi connectivity index (χ0v) is 39.1. The molecule has 1 fully saturated rings. The van der Waals surface area contributed by atoms with Gasteiger partial charge in [-0.05, 0) is 38.6 Å². The van der Waals surface area contributed by atoms with Crippen molar-refractivity contribution >= 4 is 44.9 Å². The van der Waals surface area contributed by atoms with E-state index < -0.39 is 40.1 Å². The van der Waals surface area contributed by atoms with Crippen molar-refractivity contribution in [1.82, 2.24) is 29.0 Å². The predicted octanol–water partition coefficient (Wildman–Crippen LogP) is -0.470. The Morgan fingerprint density at radius 3 is 1.89 bits per heavy atom. The second-order valence-corrected chi connectivity index (χ2v) is 19.0. The van der Waals surface area contributed by atoms with Gasteiger partial charge in [-0.3, -0.25) is 19.1 Å². The lowest BCUT2D eigenvalue weighted by atomic mass is 10.1. The number of aliphatic carboxylic acids is 2. The summed E-state index contributed by atoms with van der Waals surface area (Å²) in [5, 5.41) is 25.3. The number of hydrogen-bond acceptors (Lipinski definition) is 15. The topological polar surface area (TPSA) is 246 Å². The highest BCUT2D eigenvalue weighted by Crippen LogP contribution is 2.32. The van der Waals surface area contributed by atoms with E-state index in [4.69, 9.17) is 19.2 Å². The molecule has 348 valence electrons. The molecule has 0 spiro atoms. The average molecular weight is 895 g/mol. The molecule has 1 aromatic carbocycles. The average Bonchev–Trinajstić information content (AvgIpc) is 3.45. The second kappa shape index (κ2) is 23.5. The van der Waals surface area contributed by atoms with Crippen LogP contribution in [0, 0.1) is 0 Å². The first-order valence-corrected chi connectivity index (χ1v) is 21.9. The van der Waals surface area contributed by atoms with Crippen LogP contribution in [0.4, 0.5) is 0 Å². The fraction of sp³-hybridized carbons (Fsp3) is 0.634. The van der Waals surface area contributed by atoms with Crippen molar-refractivity contribution in [3.8, 4) is 17.1 Å². The van der Waals surface area contributed by atoms with E-state index in [2.05, 4.69) is 15.0 Å². The number of ether oxygens (including phenoxy) is 3. The molecule has 1 N–H and O–H groups in total. The molecule has 0 unspecified atom stereocenters. The number of aryl methyl sites for hydroxylation is 2. The first kappa shape index (κ1) is 53.2. The first-order valence-electron chi connectivity index (χ1n) is 20.5. The molecule has 0 amide bonds. The van der Waals surface area contributed by atoms with Crippen LogP contribution in [0.15, 0.2) is 27.9 Å². The van der Waals surface area contributed by atoms with Crippen LogP contribution in [0.2, 0.25) is 0 Å². The number of carbonyl (C=O) groups excluding carboxylic acids is 4. The standard InChI is InChI=1S/C22H30N6O4S.C10H19NO4.C9H17NO4/c1-5-7-17-19-20(27(4)25-17)22(29)24-21(23-19)16-14-15(8-9-18(16)32-6-2)33(30,31)28-12-10-26(3)11-13-28;1-5-10(14)15-8(6-9(12)13)7-11(2,3)4;1-7(11)14-8(5-9(12)13)6-10(2,3)4/h8-9,14H,5-7,10-13H2,1-4H3,(H,23,24,29);8H,5-7H2,1-4H3;8H,5-6H2,1-4H3/t;2*8-/m.11/s1. The van der Waals surface area contributed by atoms with Gasteiger partial charge in [-0.2, -0.15) is 9.40 Å². The van der Waals surface area contributed by atoms with Crippen LogP contribution < -0.4 is 20.5 Å². The van der Waals surface area contributed by atoms with Crippen molar-refractivity contribution in [3.05, 3.63) is 34.2 Å². The Kier molecular flexibility index (Phi) is 20.1. The third-order valence-electron chi connectivity index (χ3n) is 9.07. The molecule has 1 aliphatic rings. The number of aromatic amines is 1. The van der Waals surface area contributed by atoms with Crippen molar-refractivity contribution in [2.45, 2.75) is 76.9 Å². The molecular formula is C41H66N8O12S. The molecule has 20 nitrogen and oxygen atoms in total. The first-order chi connectivity index (χ1) is 28.7. The minimum absolute atomic E-state index is 0.147. The number of benzene rings is 1. The molecule has 0 aliphatic carbocycles. The summed E-state index contributed by atoms with van der Waals surface area (Å²) in [6.45, 7) is 10.3. The van der Waals surface area contributed by atoms with Gasteiger partial charge in [-0.15, -0.1) is 0 Å². The van der Waals surface area contributed by atoms with Crippen molar-refractivity contribution in [2.24, 2.45) is 7.05 Å². The molecule has 4 rings (SSSR count). The van der Waals surface area contributed by atoms with E-state index in [1.54, 1.807) is 32.2 Å². The van der Waals surface area contributed by atoms with Gasteiger partial charge in [0.25, 0.3) is 5.56 Å². The van der Waals surface area contributed by atoms with Gasteiger partial charge in [-0.1, -0.05) is 20.3 Å². The lowest BCUT2D eigenvalue weighted by molar-refractivity contribution is -0.873. The van der Waals surface area contributed by atoms with Crippen LogP contribution in [0.3, 0.4) is 0 Å². The molecule has 0 radical (unpaired) electrons. The Morgan fingerprint density at radius 2 is 1.42 bits per heavy atom. The number of quaternary nitrogens is 2. The van der Waals surface area contributed by atoms with Gasteiger partial charge in [0.15, 0.2) is 17.7 Å². The van der Waals surface area contributed by atoms with Gasteiger partial charge < -0.3 is 52.9 Å². The molecule has 0 saturated carbocycles. The minimum Gasteiger partial charge on any atom is -0.550 e. The highest BCUT2D eigenvalue weighted by molar-refractivity contribution is 7.89. The maximum atomic E-state index is 13.3. The van der Waals surface area contributed by atoms with E-state index in [-0.39, 0.29) is 41.5 Å². The van der Waals surface area contributed by atoms with Crippen LogP contribution in [-0.2, 0) is 52.1 Å². The number of H-pyrrole nitrogens is 1. The molecule has 1 aliphatic heterocycles. The summed E-state index contributed by atoms with van der Waals surface area (Å²) in [5.74, 6) is -2.53. The van der Waals surface area contributed by atoms with Crippen LogP contribution in [-0.4, -0.2) is 178 Å². The van der Waals surface area contributed by atoms with Crippen molar-refractivity contribution in [2.75, 3.05) is 95.2 Å². The van der Waals surface area contributed by atoms with E-state index in [9.17, 15) is 42.6 Å². The van der Waals surface area contributed by atoms with Crippen molar-refractivity contribution in [1.29, 1.82) is 0 Å². The molecule has 3 aromatic rings. The number of likely N-dealkylation sites (N-methyl/N-ethyl adjacent to an activating group) is 3. The molecule has 21 heteroatoms. The summed E-state index contributed by atoms with van der Waals surface area (Å²) in [6.07, 6.45) is 0.0687. The summed E-state index contributed by atoms with van der Waals surface area (Å²) in [6, 6.07) is 4.71. The lowest BCUT2D eigenvalue weighted by Gasteiger charge is -2.31. The second-order valence-electron chi connectivity index (χ2n) is 17.0. The number of carboxylic acid groups (broad SMARTS) is 2. The minimum atomic E-state index is -3.70. The third kappa shape index (κ3) is 17.4. The van der Waals surface area contributed by atoms with Crippen LogP contribution in [0.25, 0.3) is 22.4 Å². The fourth-order valence-electron chi connectivity index (χ4n) is 6.48. The van der Waals surface area contributed by atoms with Gasteiger partial charge >= 0.3 is 11.9 Å². The number of piperazine rings is 1. The molecule has 2 atom stereocenters. The Labute approximate surface area is 364 Å². The van der Waals surface area contributed by atoms with Gasteiger partial charge in [0, 0.05) is 71.4 Å². The van der Waals surface area contributed by atoms with Crippen molar-refractivity contribution < 1.29 is 61.0 Å². The molecule has 1 saturated heterocycles. The monoisotopic (exact) mass is 894 g/mol. The molecule has 2 aromatic heterocycles. The van der Waals surface area contributed by atoms with Gasteiger partial charge in [0.2, 0.25) is 10.0 Å². The number of nitrogens with one attached hydrogen (secondary N) is 1. The number of rotatable bonds is 18. The number of hydrogen-bond donors (Lipinski definition) is 1. The largest absolute Gasteiger partial charge is 0.550 e. The molecule has 0 bridgehead atoms. The summed E-state index contributed by atoms with van der Waals surface area (Å²) in [7, 11) is 11.4. The van der Waals surface area contributed by atoms with E-state index >= 15 is 0 Å². The van der Waals surface area contributed by atoms with Crippen molar-refractivity contribution in [3.63, 3.8) is 0 Å². The SMILES string of the molecule is CC(=O)O[C@H](CC(=O)[O-])C[N+](C)(C)C.CCC(=O)O[C@H](CC(=O)[O-])C[N+](C)(C)C.CCCc1nn(C)c2c(=O)[nH]c(-c3cc(S(=O)(=O)N4CCN(C)CC4)ccc3OCC)nc12. The lowest BCUT2D eigenvalue weighted by Crippen LogP contribution is -2.47. The van der Waals surface area contributed by atoms with E-state index in [0.29, 0.717) is 83.6 Å². The number of carboxylic acids is 2. The summed E-state index contributed by atoms with van der Waals surface area (Å²) in [5.41, 5.74) is 1.75. The highest BCUT2D eigenvalue weighted by atomic mass is 32.2. The maximum Gasteiger partial charge on any atom is 0.306 e. The Balaban J connectivity index is 0.000000380. The Morgan fingerprint density at radius 1 is 0.871 bits per heavy atom.